The van der Waals surface area contributed by atoms with E-state index in [-0.39, 0.29) is 48.2 Å². The minimum Gasteiger partial charge on any atom is -0.480 e. The number of benzene rings is 1. The molecule has 3 amide bonds. The van der Waals surface area contributed by atoms with Crippen molar-refractivity contribution in [3.63, 3.8) is 0 Å². The van der Waals surface area contributed by atoms with Gasteiger partial charge in [-0.3, -0.25) is 24.1 Å². The monoisotopic (exact) mass is 731 g/mol. The number of aromatic nitrogens is 1. The molecule has 1 aromatic heterocycles. The van der Waals surface area contributed by atoms with Gasteiger partial charge in [-0.1, -0.05) is 59.6 Å². The number of carbonyl (C=O) groups is 5. The van der Waals surface area contributed by atoms with Crippen LogP contribution in [-0.2, 0) is 30.3 Å². The molecule has 51 heavy (non-hydrogen) atoms. The third kappa shape index (κ3) is 11.8. The lowest BCUT2D eigenvalue weighted by Crippen LogP contribution is -2.58. The number of hydrogen-bond donors (Lipinski definition) is 3. The number of carbonyl (C=O) groups excluding carboxylic acids is 4. The molecule has 0 unspecified atom stereocenters. The van der Waals surface area contributed by atoms with Crippen molar-refractivity contribution in [2.45, 2.75) is 117 Å². The minimum atomic E-state index is -1.30. The van der Waals surface area contributed by atoms with Crippen LogP contribution in [0.4, 0.5) is 4.39 Å². The van der Waals surface area contributed by atoms with Crippen LogP contribution in [0.15, 0.2) is 29.6 Å². The summed E-state index contributed by atoms with van der Waals surface area (Å²) in [6, 6.07) is 2.58. The van der Waals surface area contributed by atoms with Crippen LogP contribution in [0.25, 0.3) is 0 Å². The molecule has 1 saturated heterocycles. The van der Waals surface area contributed by atoms with Gasteiger partial charge in [0, 0.05) is 37.7 Å². The lowest BCUT2D eigenvalue weighted by Gasteiger charge is -2.40. The Hall–Kier alpha value is -3.91. The average Bonchev–Trinajstić information content (AvgIpc) is 3.58. The number of carboxylic acid groups (broad SMARTS) is 1. The van der Waals surface area contributed by atoms with Gasteiger partial charge in [-0.15, -0.1) is 11.3 Å². The van der Waals surface area contributed by atoms with Crippen molar-refractivity contribution in [2.75, 3.05) is 20.1 Å². The van der Waals surface area contributed by atoms with E-state index < -0.39 is 47.9 Å². The van der Waals surface area contributed by atoms with Gasteiger partial charge in [-0.25, -0.2) is 14.2 Å². The van der Waals surface area contributed by atoms with E-state index in [1.807, 2.05) is 46.6 Å². The number of likely N-dealkylation sites (tertiary alicyclic amines) is 1. The first-order chi connectivity index (χ1) is 24.2. The zero-order chi connectivity index (χ0) is 37.8. The van der Waals surface area contributed by atoms with Crippen LogP contribution in [0.2, 0.25) is 0 Å². The number of nitrogens with zero attached hydrogens (tertiary/aromatic N) is 3. The van der Waals surface area contributed by atoms with Crippen molar-refractivity contribution in [1.82, 2.24) is 25.4 Å². The second-order valence-corrected chi connectivity index (χ2v) is 14.7. The second-order valence-electron chi connectivity index (χ2n) is 13.8. The highest BCUT2D eigenvalue weighted by atomic mass is 32.1. The topological polar surface area (TPSA) is 158 Å². The number of esters is 1. The molecule has 1 fully saturated rings. The predicted octanol–water partition coefficient (Wildman–Crippen LogP) is 4.98. The third-order valence-electron chi connectivity index (χ3n) is 9.52. The SMILES string of the molecule is CCCN(C(=O)[C@@H](NC(=O)[C@H]1CCCCN1C)[C@@H](C)CC)[C@H](C[C@@H](OC(C)=O)c1nc(C(=O)N[C@@H](Cc2ccc(F)cc2)C(=O)O)cs1)C(C)C. The maximum Gasteiger partial charge on any atom is 0.326 e. The summed E-state index contributed by atoms with van der Waals surface area (Å²) in [7, 11) is 1.93. The number of carboxylic acids is 1. The van der Waals surface area contributed by atoms with Crippen LogP contribution in [-0.4, -0.2) is 93.9 Å². The lowest BCUT2D eigenvalue weighted by molar-refractivity contribution is -0.149. The molecule has 0 spiro atoms. The molecule has 0 bridgehead atoms. The normalized spacial score (nSPS) is 17.9. The molecule has 14 heteroatoms. The van der Waals surface area contributed by atoms with Crippen LogP contribution in [0.1, 0.15) is 107 Å². The van der Waals surface area contributed by atoms with Crippen LogP contribution in [0, 0.1) is 17.7 Å². The van der Waals surface area contributed by atoms with E-state index in [2.05, 4.69) is 15.6 Å². The zero-order valence-electron chi connectivity index (χ0n) is 30.8. The first-order valence-corrected chi connectivity index (χ1v) is 18.8. The molecule has 2 heterocycles. The second kappa shape index (κ2) is 19.6. The highest BCUT2D eigenvalue weighted by molar-refractivity contribution is 7.09. The Morgan fingerprint density at radius 3 is 2.35 bits per heavy atom. The fraction of sp³-hybridized carbons (Fsp3) is 0.622. The van der Waals surface area contributed by atoms with Crippen LogP contribution in [0.3, 0.4) is 0 Å². The van der Waals surface area contributed by atoms with E-state index in [9.17, 15) is 33.5 Å². The van der Waals surface area contributed by atoms with Gasteiger partial charge in [0.2, 0.25) is 11.8 Å². The maximum atomic E-state index is 14.5. The van der Waals surface area contributed by atoms with Gasteiger partial charge >= 0.3 is 11.9 Å². The zero-order valence-corrected chi connectivity index (χ0v) is 31.6. The average molecular weight is 732 g/mol. The van der Waals surface area contributed by atoms with Crippen molar-refractivity contribution in [1.29, 1.82) is 0 Å². The number of rotatable bonds is 18. The van der Waals surface area contributed by atoms with Crippen LogP contribution < -0.4 is 10.6 Å². The summed E-state index contributed by atoms with van der Waals surface area (Å²) in [4.78, 5) is 73.8. The molecule has 3 rings (SSSR count). The molecule has 1 aromatic carbocycles. The number of halogens is 1. The van der Waals surface area contributed by atoms with Gasteiger partial charge in [-0.2, -0.15) is 0 Å². The van der Waals surface area contributed by atoms with Gasteiger partial charge in [-0.05, 0) is 62.4 Å². The molecule has 12 nitrogen and oxygen atoms in total. The van der Waals surface area contributed by atoms with Crippen LogP contribution >= 0.6 is 11.3 Å². The van der Waals surface area contributed by atoms with Crippen molar-refractivity contribution in [3.8, 4) is 0 Å². The molecular formula is C37H54FN5O7S. The van der Waals surface area contributed by atoms with Gasteiger partial charge in [0.25, 0.3) is 5.91 Å². The summed E-state index contributed by atoms with van der Waals surface area (Å²) in [5, 5.41) is 17.1. The fourth-order valence-electron chi connectivity index (χ4n) is 6.40. The molecular weight excluding hydrogens is 678 g/mol. The summed E-state index contributed by atoms with van der Waals surface area (Å²) >= 11 is 1.09. The summed E-state index contributed by atoms with van der Waals surface area (Å²) in [6.07, 6.45) is 3.27. The number of thiazole rings is 1. The van der Waals surface area contributed by atoms with Crippen molar-refractivity contribution < 1.29 is 38.2 Å². The van der Waals surface area contributed by atoms with Gasteiger partial charge < -0.3 is 25.4 Å². The van der Waals surface area contributed by atoms with E-state index >= 15 is 0 Å². The number of hydrogen-bond acceptors (Lipinski definition) is 9. The third-order valence-corrected chi connectivity index (χ3v) is 10.5. The largest absolute Gasteiger partial charge is 0.480 e. The summed E-state index contributed by atoms with van der Waals surface area (Å²) in [6.45, 7) is 12.4. The van der Waals surface area contributed by atoms with Crippen LogP contribution in [0.5, 0.6) is 0 Å². The van der Waals surface area contributed by atoms with E-state index in [0.29, 0.717) is 30.0 Å². The van der Waals surface area contributed by atoms with E-state index in [1.54, 1.807) is 4.90 Å². The number of nitrogens with one attached hydrogen (secondary N) is 2. The lowest BCUT2D eigenvalue weighted by atomic mass is 9.92. The first kappa shape index (κ1) is 41.5. The molecule has 282 valence electrons. The summed E-state index contributed by atoms with van der Waals surface area (Å²) < 4.78 is 19.1. The Bertz CT molecular complexity index is 1490. The summed E-state index contributed by atoms with van der Waals surface area (Å²) in [5.41, 5.74) is 0.479. The molecule has 1 aliphatic rings. The Labute approximate surface area is 304 Å². The van der Waals surface area contributed by atoms with E-state index in [0.717, 1.165) is 37.1 Å². The Morgan fingerprint density at radius 1 is 1.10 bits per heavy atom. The van der Waals surface area contributed by atoms with Gasteiger partial charge in [0.05, 0.1) is 6.04 Å². The highest BCUT2D eigenvalue weighted by Gasteiger charge is 2.38. The van der Waals surface area contributed by atoms with E-state index in [1.165, 1.54) is 36.6 Å². The molecule has 0 saturated carbocycles. The fourth-order valence-corrected chi connectivity index (χ4v) is 7.24. The standard InChI is InChI=1S/C37H54FN5O7S/c1-8-17-43(36(47)32(23(5)9-2)41-34(46)29-12-10-11-18-42(29)7)30(22(3)4)20-31(50-24(6)44)35-40-28(21-51-35)33(45)39-27(37(48)49)19-25-13-15-26(38)16-14-25/h13-16,21-23,27,29-32H,8-12,17-20H2,1-7H3,(H,39,45)(H,41,46)(H,48,49)/t23-,27-,29+,30+,31+,32-/m0/s1. The van der Waals surface area contributed by atoms with Gasteiger partial charge in [0.1, 0.15) is 28.6 Å². The predicted molar refractivity (Wildman–Crippen MR) is 193 cm³/mol. The summed E-state index contributed by atoms with van der Waals surface area (Å²) in [5.74, 6) is -3.58. The number of amides is 3. The number of aliphatic carboxylic acids is 1. The number of piperidine rings is 1. The number of ether oxygens (including phenoxy) is 1. The molecule has 1 aliphatic heterocycles. The highest BCUT2D eigenvalue weighted by Crippen LogP contribution is 2.32. The Balaban J connectivity index is 1.86. The quantitative estimate of drug-likeness (QED) is 0.180. The van der Waals surface area contributed by atoms with Crippen molar-refractivity contribution in [2.24, 2.45) is 11.8 Å². The minimum absolute atomic E-state index is 0.0488. The number of likely N-dealkylation sites (N-methyl/N-ethyl adjacent to an activating group) is 1. The van der Waals surface area contributed by atoms with Gasteiger partial charge in [0.15, 0.2) is 6.10 Å². The van der Waals surface area contributed by atoms with E-state index in [4.69, 9.17) is 4.74 Å². The molecule has 0 radical (unpaired) electrons. The molecule has 0 aliphatic carbocycles. The first-order valence-electron chi connectivity index (χ1n) is 17.9. The van der Waals surface area contributed by atoms with Crippen molar-refractivity contribution in [3.05, 3.63) is 51.7 Å². The molecule has 2 aromatic rings. The maximum absolute atomic E-state index is 14.5. The molecule has 6 atom stereocenters. The van der Waals surface area contributed by atoms with Crippen molar-refractivity contribution >= 4 is 41.0 Å². The smallest absolute Gasteiger partial charge is 0.326 e. The molecule has 3 N–H and O–H groups in total. The Morgan fingerprint density at radius 2 is 1.78 bits per heavy atom. The Kier molecular flexibility index (Phi) is 16.0.